The molecular formula is C11H16N2O2S2. The highest BCUT2D eigenvalue weighted by Crippen LogP contribution is 2.19. The topological polar surface area (TPSA) is 75.3 Å². The summed E-state index contributed by atoms with van der Waals surface area (Å²) >= 11 is 0. The number of carbonyl (C=O) groups is 1. The number of aromatic hydroxyl groups is 1. The second-order valence-electron chi connectivity index (χ2n) is 3.21. The van der Waals surface area contributed by atoms with Crippen molar-refractivity contribution in [3.8, 4) is 5.75 Å². The maximum Gasteiger partial charge on any atom is 0.255 e. The summed E-state index contributed by atoms with van der Waals surface area (Å²) in [5.74, 6) is 1.50. The molecule has 0 bridgehead atoms. The highest BCUT2D eigenvalue weighted by atomic mass is 33.1. The summed E-state index contributed by atoms with van der Waals surface area (Å²) in [4.78, 5) is 11.6. The highest BCUT2D eigenvalue weighted by Gasteiger charge is 2.08. The molecule has 1 aromatic rings. The van der Waals surface area contributed by atoms with Gasteiger partial charge in [0.25, 0.3) is 5.91 Å². The van der Waals surface area contributed by atoms with Gasteiger partial charge in [0.2, 0.25) is 0 Å². The van der Waals surface area contributed by atoms with Gasteiger partial charge in [0.1, 0.15) is 5.75 Å². The SMILES string of the molecule is NCCSSCCNC(=O)c1ccccc1O. The minimum atomic E-state index is -0.243. The van der Waals surface area contributed by atoms with Gasteiger partial charge < -0.3 is 16.2 Å². The van der Waals surface area contributed by atoms with Gasteiger partial charge in [-0.1, -0.05) is 33.7 Å². The Morgan fingerprint density at radius 1 is 1.29 bits per heavy atom. The van der Waals surface area contributed by atoms with Crippen LogP contribution in [0, 0.1) is 0 Å². The van der Waals surface area contributed by atoms with Crippen LogP contribution in [-0.2, 0) is 0 Å². The van der Waals surface area contributed by atoms with E-state index in [1.807, 2.05) is 0 Å². The Kier molecular flexibility index (Phi) is 6.91. The van der Waals surface area contributed by atoms with Gasteiger partial charge in [-0.25, -0.2) is 0 Å². The molecule has 0 spiro atoms. The fraction of sp³-hybridized carbons (Fsp3) is 0.364. The number of hydrogen-bond acceptors (Lipinski definition) is 5. The number of amides is 1. The van der Waals surface area contributed by atoms with E-state index < -0.39 is 0 Å². The first kappa shape index (κ1) is 14.2. The molecular weight excluding hydrogens is 256 g/mol. The van der Waals surface area contributed by atoms with E-state index in [-0.39, 0.29) is 11.7 Å². The predicted octanol–water partition coefficient (Wildman–Crippen LogP) is 1.46. The number of rotatable bonds is 7. The second kappa shape index (κ2) is 8.27. The molecule has 1 aromatic carbocycles. The molecule has 0 aliphatic rings. The van der Waals surface area contributed by atoms with Crippen LogP contribution in [0.5, 0.6) is 5.75 Å². The van der Waals surface area contributed by atoms with Crippen molar-refractivity contribution in [2.45, 2.75) is 0 Å². The van der Waals surface area contributed by atoms with Gasteiger partial charge in [-0.05, 0) is 12.1 Å². The van der Waals surface area contributed by atoms with Gasteiger partial charge in [-0.2, -0.15) is 0 Å². The number of phenolic OH excluding ortho intramolecular Hbond substituents is 1. The first-order valence-corrected chi connectivity index (χ1v) is 7.75. The van der Waals surface area contributed by atoms with E-state index in [9.17, 15) is 9.90 Å². The van der Waals surface area contributed by atoms with E-state index in [1.165, 1.54) is 6.07 Å². The van der Waals surface area contributed by atoms with Crippen LogP contribution in [0.2, 0.25) is 0 Å². The summed E-state index contributed by atoms with van der Waals surface area (Å²) in [6.07, 6.45) is 0. The Morgan fingerprint density at radius 2 is 2.00 bits per heavy atom. The minimum Gasteiger partial charge on any atom is -0.507 e. The van der Waals surface area contributed by atoms with Gasteiger partial charge in [-0.3, -0.25) is 4.79 Å². The molecule has 0 atom stereocenters. The number of carbonyl (C=O) groups excluding carboxylic acids is 1. The quantitative estimate of drug-likeness (QED) is 0.517. The van der Waals surface area contributed by atoms with E-state index in [0.717, 1.165) is 11.5 Å². The summed E-state index contributed by atoms with van der Waals surface area (Å²) < 4.78 is 0. The van der Waals surface area contributed by atoms with Crippen LogP contribution in [0.15, 0.2) is 24.3 Å². The van der Waals surface area contributed by atoms with Crippen LogP contribution >= 0.6 is 21.6 Å². The first-order chi connectivity index (χ1) is 8.25. The second-order valence-corrected chi connectivity index (χ2v) is 5.91. The smallest absolute Gasteiger partial charge is 0.255 e. The van der Waals surface area contributed by atoms with Crippen LogP contribution in [0.4, 0.5) is 0 Å². The van der Waals surface area contributed by atoms with Gasteiger partial charge in [0.05, 0.1) is 5.56 Å². The molecule has 4 N–H and O–H groups in total. The Labute approximate surface area is 109 Å². The van der Waals surface area contributed by atoms with E-state index in [2.05, 4.69) is 5.32 Å². The molecule has 4 nitrogen and oxygen atoms in total. The Morgan fingerprint density at radius 3 is 2.71 bits per heavy atom. The maximum atomic E-state index is 11.6. The number of phenols is 1. The third kappa shape index (κ3) is 5.34. The molecule has 0 aliphatic heterocycles. The highest BCUT2D eigenvalue weighted by molar-refractivity contribution is 8.76. The predicted molar refractivity (Wildman–Crippen MR) is 74.4 cm³/mol. The van der Waals surface area contributed by atoms with Crippen LogP contribution in [0.3, 0.4) is 0 Å². The zero-order chi connectivity index (χ0) is 12.5. The lowest BCUT2D eigenvalue weighted by Gasteiger charge is -2.06. The fourth-order valence-electron chi connectivity index (χ4n) is 1.13. The van der Waals surface area contributed by atoms with Gasteiger partial charge in [-0.15, -0.1) is 0 Å². The van der Waals surface area contributed by atoms with Crippen molar-refractivity contribution in [3.63, 3.8) is 0 Å². The Balaban J connectivity index is 2.24. The van der Waals surface area contributed by atoms with Crippen molar-refractivity contribution in [2.75, 3.05) is 24.6 Å². The molecule has 0 aliphatic carbocycles. The summed E-state index contributed by atoms with van der Waals surface area (Å²) in [5, 5.41) is 12.2. The zero-order valence-corrected chi connectivity index (χ0v) is 11.0. The molecule has 17 heavy (non-hydrogen) atoms. The van der Waals surface area contributed by atoms with Crippen molar-refractivity contribution in [2.24, 2.45) is 5.73 Å². The molecule has 94 valence electrons. The lowest BCUT2D eigenvalue weighted by Crippen LogP contribution is -2.25. The number of nitrogens with two attached hydrogens (primary N) is 1. The number of benzene rings is 1. The molecule has 0 heterocycles. The van der Waals surface area contributed by atoms with Crippen LogP contribution in [0.25, 0.3) is 0 Å². The van der Waals surface area contributed by atoms with Crippen molar-refractivity contribution in [3.05, 3.63) is 29.8 Å². The average Bonchev–Trinajstić information content (AvgIpc) is 2.34. The molecule has 0 radical (unpaired) electrons. The summed E-state index contributed by atoms with van der Waals surface area (Å²) in [6, 6.07) is 6.51. The van der Waals surface area contributed by atoms with Crippen molar-refractivity contribution < 1.29 is 9.90 Å². The molecule has 6 heteroatoms. The molecule has 0 saturated carbocycles. The van der Waals surface area contributed by atoms with Gasteiger partial charge in [0.15, 0.2) is 0 Å². The zero-order valence-electron chi connectivity index (χ0n) is 9.39. The van der Waals surface area contributed by atoms with Crippen molar-refractivity contribution in [1.29, 1.82) is 0 Å². The van der Waals surface area contributed by atoms with E-state index in [4.69, 9.17) is 5.73 Å². The van der Waals surface area contributed by atoms with Crippen molar-refractivity contribution >= 4 is 27.5 Å². The maximum absolute atomic E-state index is 11.6. The fourth-order valence-corrected chi connectivity index (χ4v) is 2.90. The van der Waals surface area contributed by atoms with E-state index in [0.29, 0.717) is 18.7 Å². The van der Waals surface area contributed by atoms with E-state index in [1.54, 1.807) is 39.8 Å². The minimum absolute atomic E-state index is 0.00941. The molecule has 1 amide bonds. The summed E-state index contributed by atoms with van der Waals surface area (Å²) in [5.41, 5.74) is 5.66. The molecule has 0 fully saturated rings. The molecule has 1 rings (SSSR count). The van der Waals surface area contributed by atoms with Crippen LogP contribution in [0.1, 0.15) is 10.4 Å². The summed E-state index contributed by atoms with van der Waals surface area (Å²) in [7, 11) is 3.37. The Bertz CT molecular complexity index is 361. The molecule has 0 unspecified atom stereocenters. The van der Waals surface area contributed by atoms with E-state index >= 15 is 0 Å². The van der Waals surface area contributed by atoms with Crippen LogP contribution in [-0.4, -0.2) is 35.6 Å². The van der Waals surface area contributed by atoms with Crippen molar-refractivity contribution in [1.82, 2.24) is 5.32 Å². The molecule has 0 saturated heterocycles. The summed E-state index contributed by atoms with van der Waals surface area (Å²) in [6.45, 7) is 1.25. The Hall–Kier alpha value is -0.850. The standard InChI is InChI=1S/C11H16N2O2S2/c12-5-7-16-17-8-6-13-11(15)9-3-1-2-4-10(9)14/h1-4,14H,5-8,12H2,(H,13,15). The van der Waals surface area contributed by atoms with Gasteiger partial charge >= 0.3 is 0 Å². The van der Waals surface area contributed by atoms with Gasteiger partial charge in [0, 0.05) is 24.6 Å². The number of para-hydroxylation sites is 1. The monoisotopic (exact) mass is 272 g/mol. The average molecular weight is 272 g/mol. The lowest BCUT2D eigenvalue weighted by molar-refractivity contribution is 0.0953. The third-order valence-electron chi connectivity index (χ3n) is 1.90. The number of hydrogen-bond donors (Lipinski definition) is 3. The first-order valence-electron chi connectivity index (χ1n) is 5.26. The number of nitrogens with one attached hydrogen (secondary N) is 1. The molecule has 0 aromatic heterocycles. The normalized spacial score (nSPS) is 10.2. The largest absolute Gasteiger partial charge is 0.507 e. The van der Waals surface area contributed by atoms with Crippen LogP contribution < -0.4 is 11.1 Å². The third-order valence-corrected chi connectivity index (χ3v) is 4.34. The lowest BCUT2D eigenvalue weighted by atomic mass is 10.2.